The van der Waals surface area contributed by atoms with E-state index >= 15 is 0 Å². The van der Waals surface area contributed by atoms with Gasteiger partial charge in [0.05, 0.1) is 40.9 Å². The standard InChI is InChI=1S/C25H24N4O6/c1-14-8-9-15(13-18(14)29(32)33)20-19-21(26(2)25(31)27(3)24(19)30)22-23(35-11-10-28(20)22)16-6-5-7-17(12-16)34-4/h5-9,12-13,23H,10-11H2,1-4H3/t23-/m0/s1. The molecule has 0 spiro atoms. The highest BCUT2D eigenvalue weighted by Gasteiger charge is 2.33. The van der Waals surface area contributed by atoms with Gasteiger partial charge in [0.1, 0.15) is 11.9 Å². The van der Waals surface area contributed by atoms with Gasteiger partial charge in [-0.25, -0.2) is 4.79 Å². The van der Waals surface area contributed by atoms with E-state index in [1.54, 1.807) is 33.2 Å². The van der Waals surface area contributed by atoms with Crippen LogP contribution in [0.3, 0.4) is 0 Å². The quantitative estimate of drug-likeness (QED) is 0.331. The van der Waals surface area contributed by atoms with Crippen LogP contribution in [-0.2, 0) is 25.4 Å². The largest absolute Gasteiger partial charge is 0.497 e. The number of nitro groups is 1. The lowest BCUT2D eigenvalue weighted by atomic mass is 10.0. The van der Waals surface area contributed by atoms with Crippen LogP contribution in [0.4, 0.5) is 5.69 Å². The second-order valence-electron chi connectivity index (χ2n) is 8.60. The molecule has 0 bridgehead atoms. The molecule has 0 aliphatic carbocycles. The summed E-state index contributed by atoms with van der Waals surface area (Å²) < 4.78 is 16.0. The molecule has 0 amide bonds. The summed E-state index contributed by atoms with van der Waals surface area (Å²) in [5.74, 6) is 0.651. The van der Waals surface area contributed by atoms with Crippen molar-refractivity contribution in [3.8, 4) is 17.0 Å². The number of hydrogen-bond acceptors (Lipinski definition) is 6. The Morgan fingerprint density at radius 2 is 1.89 bits per heavy atom. The van der Waals surface area contributed by atoms with Gasteiger partial charge in [0, 0.05) is 37.8 Å². The third-order valence-corrected chi connectivity index (χ3v) is 6.63. The Bertz CT molecular complexity index is 1630. The summed E-state index contributed by atoms with van der Waals surface area (Å²) in [6.45, 7) is 2.44. The highest BCUT2D eigenvalue weighted by molar-refractivity contribution is 5.97. The predicted octanol–water partition coefficient (Wildman–Crippen LogP) is 3.05. The van der Waals surface area contributed by atoms with Crippen molar-refractivity contribution < 1.29 is 14.4 Å². The van der Waals surface area contributed by atoms with Gasteiger partial charge in [-0.3, -0.25) is 24.0 Å². The number of methoxy groups -OCH3 is 1. The van der Waals surface area contributed by atoms with Gasteiger partial charge in [0.25, 0.3) is 11.2 Å². The normalized spacial score (nSPS) is 15.3. The van der Waals surface area contributed by atoms with E-state index in [1.807, 2.05) is 28.8 Å². The monoisotopic (exact) mass is 476 g/mol. The summed E-state index contributed by atoms with van der Waals surface area (Å²) in [6, 6.07) is 12.4. The number of fused-ring (bicyclic) bond motifs is 3. The molecule has 10 heteroatoms. The number of nitrogens with zero attached hydrogens (tertiary/aromatic N) is 4. The summed E-state index contributed by atoms with van der Waals surface area (Å²) >= 11 is 0. The first-order valence-electron chi connectivity index (χ1n) is 11.1. The maximum Gasteiger partial charge on any atom is 0.331 e. The number of aromatic nitrogens is 3. The van der Waals surface area contributed by atoms with E-state index in [1.165, 1.54) is 17.7 Å². The molecule has 0 unspecified atom stereocenters. The maximum absolute atomic E-state index is 13.5. The average Bonchev–Trinajstić information content (AvgIpc) is 3.22. The Balaban J connectivity index is 1.92. The van der Waals surface area contributed by atoms with Crippen molar-refractivity contribution in [1.82, 2.24) is 13.7 Å². The fourth-order valence-electron chi connectivity index (χ4n) is 4.89. The molecule has 3 heterocycles. The van der Waals surface area contributed by atoms with Crippen LogP contribution in [0.2, 0.25) is 0 Å². The molecule has 35 heavy (non-hydrogen) atoms. The first-order chi connectivity index (χ1) is 16.7. The lowest BCUT2D eigenvalue weighted by molar-refractivity contribution is -0.385. The van der Waals surface area contributed by atoms with Crippen molar-refractivity contribution >= 4 is 16.6 Å². The van der Waals surface area contributed by atoms with Crippen LogP contribution < -0.4 is 16.0 Å². The van der Waals surface area contributed by atoms with Crippen molar-refractivity contribution in [2.24, 2.45) is 14.1 Å². The molecule has 1 aliphatic heterocycles. The summed E-state index contributed by atoms with van der Waals surface area (Å²) in [5.41, 5.74) is 2.51. The molecule has 0 N–H and O–H groups in total. The van der Waals surface area contributed by atoms with Gasteiger partial charge in [-0.1, -0.05) is 24.3 Å². The zero-order chi connectivity index (χ0) is 25.0. The van der Waals surface area contributed by atoms with E-state index in [-0.39, 0.29) is 5.69 Å². The van der Waals surface area contributed by atoms with E-state index < -0.39 is 22.3 Å². The van der Waals surface area contributed by atoms with Crippen molar-refractivity contribution in [2.45, 2.75) is 19.6 Å². The molecule has 10 nitrogen and oxygen atoms in total. The Kier molecular flexibility index (Phi) is 5.32. The van der Waals surface area contributed by atoms with Gasteiger partial charge in [-0.2, -0.15) is 0 Å². The Morgan fingerprint density at radius 3 is 2.60 bits per heavy atom. The lowest BCUT2D eigenvalue weighted by Crippen LogP contribution is -2.37. The molecule has 2 aromatic carbocycles. The van der Waals surface area contributed by atoms with Crippen LogP contribution in [0.5, 0.6) is 5.75 Å². The summed E-state index contributed by atoms with van der Waals surface area (Å²) in [5, 5.41) is 12.0. The predicted molar refractivity (Wildman–Crippen MR) is 130 cm³/mol. The van der Waals surface area contributed by atoms with Crippen LogP contribution in [0.1, 0.15) is 22.9 Å². The molecular weight excluding hydrogens is 452 g/mol. The summed E-state index contributed by atoms with van der Waals surface area (Å²) in [7, 11) is 4.62. The van der Waals surface area contributed by atoms with Crippen molar-refractivity contribution in [3.63, 3.8) is 0 Å². The van der Waals surface area contributed by atoms with Gasteiger partial charge in [0.2, 0.25) is 0 Å². The molecule has 1 atom stereocenters. The molecule has 180 valence electrons. The van der Waals surface area contributed by atoms with E-state index in [0.29, 0.717) is 52.3 Å². The van der Waals surface area contributed by atoms with Crippen LogP contribution in [0, 0.1) is 17.0 Å². The molecule has 4 aromatic rings. The molecule has 2 aromatic heterocycles. The maximum atomic E-state index is 13.5. The number of hydrogen-bond donors (Lipinski definition) is 0. The molecule has 1 aliphatic rings. The van der Waals surface area contributed by atoms with Gasteiger partial charge >= 0.3 is 5.69 Å². The van der Waals surface area contributed by atoms with Crippen molar-refractivity contribution in [3.05, 3.63) is 90.2 Å². The van der Waals surface area contributed by atoms with Crippen molar-refractivity contribution in [2.75, 3.05) is 13.7 Å². The average molecular weight is 476 g/mol. The second kappa shape index (κ2) is 8.24. The van der Waals surface area contributed by atoms with Crippen LogP contribution in [0.15, 0.2) is 52.1 Å². The Morgan fingerprint density at radius 1 is 1.11 bits per heavy atom. The molecule has 5 rings (SSSR count). The van der Waals surface area contributed by atoms with Crippen LogP contribution >= 0.6 is 0 Å². The minimum atomic E-state index is -0.576. The SMILES string of the molecule is COc1cccc([C@@H]2OCCn3c(-c4ccc(C)c([N+](=O)[O-])c4)c4c(=O)n(C)c(=O)n(C)c4c32)c1. The summed E-state index contributed by atoms with van der Waals surface area (Å²) in [6.07, 6.45) is -0.576. The van der Waals surface area contributed by atoms with Gasteiger partial charge in [-0.05, 0) is 24.6 Å². The zero-order valence-corrected chi connectivity index (χ0v) is 19.8. The van der Waals surface area contributed by atoms with Crippen LogP contribution in [-0.4, -0.2) is 32.3 Å². The van der Waals surface area contributed by atoms with Gasteiger partial charge in [-0.15, -0.1) is 0 Å². The van der Waals surface area contributed by atoms with Crippen LogP contribution in [0.25, 0.3) is 22.2 Å². The number of benzene rings is 2. The van der Waals surface area contributed by atoms with Gasteiger partial charge in [0.15, 0.2) is 0 Å². The van der Waals surface area contributed by atoms with E-state index in [4.69, 9.17) is 9.47 Å². The third kappa shape index (κ3) is 3.36. The highest BCUT2D eigenvalue weighted by atomic mass is 16.6. The molecular formula is C25H24N4O6. The summed E-state index contributed by atoms with van der Waals surface area (Å²) in [4.78, 5) is 37.7. The third-order valence-electron chi connectivity index (χ3n) is 6.63. The first-order valence-corrected chi connectivity index (χ1v) is 11.1. The number of rotatable bonds is 4. The van der Waals surface area contributed by atoms with E-state index in [2.05, 4.69) is 0 Å². The Hall–Kier alpha value is -4.18. The number of ether oxygens (including phenoxy) is 2. The Labute approximate surface area is 199 Å². The molecule has 0 fully saturated rings. The lowest BCUT2D eigenvalue weighted by Gasteiger charge is -2.28. The van der Waals surface area contributed by atoms with Gasteiger partial charge < -0.3 is 14.0 Å². The van der Waals surface area contributed by atoms with Crippen molar-refractivity contribution in [1.29, 1.82) is 0 Å². The number of nitro benzene ring substituents is 1. The molecule has 0 radical (unpaired) electrons. The topological polar surface area (TPSA) is 111 Å². The minimum Gasteiger partial charge on any atom is -0.497 e. The second-order valence-corrected chi connectivity index (χ2v) is 8.60. The first kappa shape index (κ1) is 22.6. The highest BCUT2D eigenvalue weighted by Crippen LogP contribution is 2.41. The minimum absolute atomic E-state index is 0.0377. The molecule has 0 saturated carbocycles. The number of aryl methyl sites for hydroxylation is 2. The zero-order valence-electron chi connectivity index (χ0n) is 19.8. The molecule has 0 saturated heterocycles. The fourth-order valence-corrected chi connectivity index (χ4v) is 4.89. The van der Waals surface area contributed by atoms with E-state index in [9.17, 15) is 19.7 Å². The van der Waals surface area contributed by atoms with E-state index in [0.717, 1.165) is 10.1 Å². The fraction of sp³-hybridized carbons (Fsp3) is 0.280. The smallest absolute Gasteiger partial charge is 0.331 e.